The Bertz CT molecular complexity index is 1150. The lowest BCUT2D eigenvalue weighted by Crippen LogP contribution is -2.17. The summed E-state index contributed by atoms with van der Waals surface area (Å²) in [7, 11) is 0. The van der Waals surface area contributed by atoms with Gasteiger partial charge in [-0.15, -0.1) is 0 Å². The number of hydrogen-bond acceptors (Lipinski definition) is 4. The highest BCUT2D eigenvalue weighted by Crippen LogP contribution is 2.22. The number of carbonyl (C=O) groups excluding carboxylic acids is 1. The molecule has 4 rings (SSSR count). The lowest BCUT2D eigenvalue weighted by molar-refractivity contribution is -0.113. The number of benzene rings is 2. The van der Waals surface area contributed by atoms with Gasteiger partial charge in [0.2, 0.25) is 5.91 Å². The molecule has 2 aromatic carbocycles. The molecule has 0 unspecified atom stereocenters. The Kier molecular flexibility index (Phi) is 4.87. The Hall–Kier alpha value is -3.13. The maximum Gasteiger partial charge on any atom is 0.236 e. The second-order valence-electron chi connectivity index (χ2n) is 6.46. The van der Waals surface area contributed by atoms with E-state index in [1.807, 2.05) is 32.0 Å². The number of nitrogens with zero attached hydrogens (tertiary/aromatic N) is 3. The lowest BCUT2D eigenvalue weighted by atomic mass is 10.2. The monoisotopic (exact) mass is 395 g/mol. The number of hydrogen-bond donors (Lipinski definition) is 2. The van der Waals surface area contributed by atoms with Crippen LogP contribution in [-0.2, 0) is 4.79 Å². The number of nitrogens with one attached hydrogen (secondary N) is 2. The van der Waals surface area contributed by atoms with Gasteiger partial charge in [0.15, 0.2) is 5.16 Å². The van der Waals surface area contributed by atoms with Gasteiger partial charge < -0.3 is 10.3 Å². The van der Waals surface area contributed by atoms with Gasteiger partial charge in [-0.05, 0) is 55.8 Å². The van der Waals surface area contributed by atoms with Gasteiger partial charge in [0.05, 0.1) is 28.2 Å². The van der Waals surface area contributed by atoms with Crippen molar-refractivity contribution in [1.29, 1.82) is 0 Å². The highest BCUT2D eigenvalue weighted by molar-refractivity contribution is 7.99. The van der Waals surface area contributed by atoms with Gasteiger partial charge in [0, 0.05) is 6.07 Å². The van der Waals surface area contributed by atoms with Crippen LogP contribution in [-0.4, -0.2) is 31.4 Å². The molecule has 0 spiro atoms. The summed E-state index contributed by atoms with van der Waals surface area (Å²) in [6.45, 7) is 3.85. The van der Waals surface area contributed by atoms with Crippen molar-refractivity contribution in [2.75, 3.05) is 11.1 Å². The van der Waals surface area contributed by atoms with E-state index in [-0.39, 0.29) is 17.5 Å². The number of rotatable bonds is 5. The zero-order valence-electron chi connectivity index (χ0n) is 15.4. The van der Waals surface area contributed by atoms with Crippen LogP contribution in [0.1, 0.15) is 11.3 Å². The number of fused-ring (bicyclic) bond motifs is 1. The van der Waals surface area contributed by atoms with E-state index in [4.69, 9.17) is 0 Å². The van der Waals surface area contributed by atoms with Crippen LogP contribution in [0, 0.1) is 19.7 Å². The molecule has 8 heteroatoms. The molecular formula is C20H18FN5OS. The molecule has 0 aliphatic carbocycles. The van der Waals surface area contributed by atoms with Gasteiger partial charge in [-0.3, -0.25) is 4.79 Å². The summed E-state index contributed by atoms with van der Waals surface area (Å²) in [6.07, 6.45) is 0. The van der Waals surface area contributed by atoms with Crippen molar-refractivity contribution in [3.05, 3.63) is 65.6 Å². The van der Waals surface area contributed by atoms with E-state index >= 15 is 0 Å². The predicted octanol–water partition coefficient (Wildman–Crippen LogP) is 4.24. The Morgan fingerprint density at radius 2 is 1.96 bits per heavy atom. The number of imidazole rings is 1. The first-order valence-electron chi connectivity index (χ1n) is 8.69. The molecule has 0 fully saturated rings. The first-order chi connectivity index (χ1) is 13.5. The SMILES string of the molecule is Cc1ccc2nc(SCC(=O)Nc3cc(C)nn3-c3ccc(F)cc3)[nH]c2c1. The summed E-state index contributed by atoms with van der Waals surface area (Å²) in [6, 6.07) is 13.7. The van der Waals surface area contributed by atoms with Gasteiger partial charge in [-0.2, -0.15) is 5.10 Å². The van der Waals surface area contributed by atoms with Crippen molar-refractivity contribution in [1.82, 2.24) is 19.7 Å². The molecule has 4 aromatic rings. The number of amides is 1. The fourth-order valence-electron chi connectivity index (χ4n) is 2.85. The normalized spacial score (nSPS) is 11.1. The number of aromatic nitrogens is 4. The van der Waals surface area contributed by atoms with E-state index in [1.165, 1.54) is 23.9 Å². The number of thioether (sulfide) groups is 1. The average molecular weight is 395 g/mol. The summed E-state index contributed by atoms with van der Waals surface area (Å²) in [4.78, 5) is 20.1. The summed E-state index contributed by atoms with van der Waals surface area (Å²) in [5.74, 6) is 0.238. The molecule has 0 saturated heterocycles. The smallest absolute Gasteiger partial charge is 0.236 e. The molecule has 0 saturated carbocycles. The second-order valence-corrected chi connectivity index (χ2v) is 7.42. The van der Waals surface area contributed by atoms with Crippen molar-refractivity contribution < 1.29 is 9.18 Å². The zero-order valence-corrected chi connectivity index (χ0v) is 16.2. The third-order valence-electron chi connectivity index (χ3n) is 4.13. The van der Waals surface area contributed by atoms with Crippen LogP contribution >= 0.6 is 11.8 Å². The first-order valence-corrected chi connectivity index (χ1v) is 9.68. The molecule has 2 N–H and O–H groups in total. The van der Waals surface area contributed by atoms with Gasteiger partial charge in [-0.25, -0.2) is 14.1 Å². The van der Waals surface area contributed by atoms with E-state index in [0.29, 0.717) is 16.7 Å². The van der Waals surface area contributed by atoms with E-state index in [0.717, 1.165) is 22.3 Å². The molecule has 0 radical (unpaired) electrons. The Labute approximate surface area is 165 Å². The minimum atomic E-state index is -0.323. The van der Waals surface area contributed by atoms with Gasteiger partial charge in [0.25, 0.3) is 0 Å². The topological polar surface area (TPSA) is 75.6 Å². The molecule has 0 aliphatic heterocycles. The third kappa shape index (κ3) is 3.91. The van der Waals surface area contributed by atoms with Crippen molar-refractivity contribution in [2.24, 2.45) is 0 Å². The average Bonchev–Trinajstić information content (AvgIpc) is 3.23. The number of aromatic amines is 1. The van der Waals surface area contributed by atoms with Crippen LogP contribution in [0.15, 0.2) is 53.7 Å². The molecular weight excluding hydrogens is 377 g/mol. The van der Waals surface area contributed by atoms with E-state index < -0.39 is 0 Å². The fourth-order valence-corrected chi connectivity index (χ4v) is 3.53. The van der Waals surface area contributed by atoms with Crippen molar-refractivity contribution in [2.45, 2.75) is 19.0 Å². The maximum atomic E-state index is 13.2. The number of halogens is 1. The highest BCUT2D eigenvalue weighted by atomic mass is 32.2. The number of carbonyl (C=O) groups is 1. The molecule has 142 valence electrons. The minimum absolute atomic E-state index is 0.176. The van der Waals surface area contributed by atoms with Crippen LogP contribution < -0.4 is 5.32 Å². The van der Waals surface area contributed by atoms with Crippen LogP contribution in [0.2, 0.25) is 0 Å². The van der Waals surface area contributed by atoms with Crippen LogP contribution in [0.5, 0.6) is 0 Å². The van der Waals surface area contributed by atoms with Gasteiger partial charge >= 0.3 is 0 Å². The number of aryl methyl sites for hydroxylation is 2. The maximum absolute atomic E-state index is 13.2. The molecule has 0 aliphatic rings. The quantitative estimate of drug-likeness (QED) is 0.496. The van der Waals surface area contributed by atoms with Gasteiger partial charge in [-0.1, -0.05) is 17.8 Å². The lowest BCUT2D eigenvalue weighted by Gasteiger charge is -2.08. The summed E-state index contributed by atoms with van der Waals surface area (Å²) in [5, 5.41) is 7.93. The predicted molar refractivity (Wildman–Crippen MR) is 108 cm³/mol. The summed E-state index contributed by atoms with van der Waals surface area (Å²) in [5.41, 5.74) is 4.39. The highest BCUT2D eigenvalue weighted by Gasteiger charge is 2.12. The van der Waals surface area contributed by atoms with Crippen molar-refractivity contribution >= 4 is 34.5 Å². The number of H-pyrrole nitrogens is 1. The van der Waals surface area contributed by atoms with Crippen LogP contribution in [0.3, 0.4) is 0 Å². The molecule has 2 heterocycles. The zero-order chi connectivity index (χ0) is 19.7. The van der Waals surface area contributed by atoms with E-state index in [9.17, 15) is 9.18 Å². The van der Waals surface area contributed by atoms with Crippen LogP contribution in [0.25, 0.3) is 16.7 Å². The Morgan fingerprint density at radius 1 is 1.18 bits per heavy atom. The van der Waals surface area contributed by atoms with Crippen molar-refractivity contribution in [3.63, 3.8) is 0 Å². The Balaban J connectivity index is 1.45. The van der Waals surface area contributed by atoms with E-state index in [2.05, 4.69) is 20.4 Å². The second kappa shape index (κ2) is 7.47. The fraction of sp³-hybridized carbons (Fsp3) is 0.150. The molecule has 0 bridgehead atoms. The van der Waals surface area contributed by atoms with Crippen LogP contribution in [0.4, 0.5) is 10.2 Å². The summed E-state index contributed by atoms with van der Waals surface area (Å²) < 4.78 is 14.8. The largest absolute Gasteiger partial charge is 0.333 e. The third-order valence-corrected chi connectivity index (χ3v) is 5.00. The molecule has 0 atom stereocenters. The summed E-state index contributed by atoms with van der Waals surface area (Å²) >= 11 is 1.33. The van der Waals surface area contributed by atoms with E-state index in [1.54, 1.807) is 22.9 Å². The molecule has 28 heavy (non-hydrogen) atoms. The minimum Gasteiger partial charge on any atom is -0.333 e. The Morgan fingerprint density at radius 3 is 2.75 bits per heavy atom. The standard InChI is InChI=1S/C20H18FN5OS/c1-12-3-8-16-17(9-12)23-20(22-16)28-11-19(27)24-18-10-13(2)25-26(18)15-6-4-14(21)5-7-15/h3-10H,11H2,1-2H3,(H,22,23)(H,24,27). The first kappa shape index (κ1) is 18.2. The van der Waals surface area contributed by atoms with Crippen molar-refractivity contribution in [3.8, 4) is 5.69 Å². The molecule has 6 nitrogen and oxygen atoms in total. The molecule has 2 aromatic heterocycles. The van der Waals surface area contributed by atoms with Gasteiger partial charge in [0.1, 0.15) is 11.6 Å². The molecule has 1 amide bonds. The number of anilines is 1.